The Hall–Kier alpha value is -2.11. The third-order valence-corrected chi connectivity index (χ3v) is 3.24. The highest BCUT2D eigenvalue weighted by atomic mass is 35.5. The fourth-order valence-electron chi connectivity index (χ4n) is 1.64. The van der Waals surface area contributed by atoms with Crippen LogP contribution in [0.15, 0.2) is 41.4 Å². The monoisotopic (exact) mass is 324 g/mol. The van der Waals surface area contributed by atoms with Crippen LogP contribution in [0.25, 0.3) is 0 Å². The van der Waals surface area contributed by atoms with Crippen LogP contribution in [0.2, 0.25) is 10.0 Å². The highest BCUT2D eigenvalue weighted by Crippen LogP contribution is 2.31. The summed E-state index contributed by atoms with van der Waals surface area (Å²) in [5, 5.41) is 11.8. The van der Waals surface area contributed by atoms with Crippen molar-refractivity contribution in [2.75, 3.05) is 7.11 Å². The largest absolute Gasteiger partial charge is 0.494 e. The van der Waals surface area contributed by atoms with Crippen molar-refractivity contribution in [1.82, 2.24) is 0 Å². The van der Waals surface area contributed by atoms with Crippen molar-refractivity contribution in [3.63, 3.8) is 0 Å². The van der Waals surface area contributed by atoms with Crippen molar-refractivity contribution in [1.29, 1.82) is 0 Å². The van der Waals surface area contributed by atoms with Gasteiger partial charge in [-0.2, -0.15) is 0 Å². The molecule has 0 amide bonds. The summed E-state index contributed by atoms with van der Waals surface area (Å²) in [6.45, 7) is 0. The normalized spacial score (nSPS) is 10.8. The maximum Gasteiger partial charge on any atom is 0.271 e. The first-order chi connectivity index (χ1) is 10.0. The van der Waals surface area contributed by atoms with Gasteiger partial charge in [0.25, 0.3) is 5.69 Å². The van der Waals surface area contributed by atoms with E-state index in [2.05, 4.69) is 4.99 Å². The average Bonchev–Trinajstić information content (AvgIpc) is 2.46. The number of methoxy groups -OCH3 is 1. The molecule has 0 saturated carbocycles. The zero-order chi connectivity index (χ0) is 15.4. The summed E-state index contributed by atoms with van der Waals surface area (Å²) >= 11 is 11.8. The maximum absolute atomic E-state index is 10.8. The van der Waals surface area contributed by atoms with Gasteiger partial charge in [-0.05, 0) is 18.2 Å². The second-order valence-corrected chi connectivity index (χ2v) is 4.88. The number of benzene rings is 2. The molecule has 0 bridgehead atoms. The van der Waals surface area contributed by atoms with Crippen LogP contribution in [-0.4, -0.2) is 18.2 Å². The number of ether oxygens (including phenoxy) is 1. The molecule has 0 heterocycles. The molecule has 2 aromatic rings. The zero-order valence-corrected chi connectivity index (χ0v) is 12.4. The molecule has 0 aliphatic carbocycles. The fraction of sp³-hybridized carbons (Fsp3) is 0.0714. The van der Waals surface area contributed by atoms with Crippen LogP contribution >= 0.6 is 23.2 Å². The molecule has 0 radical (unpaired) electrons. The molecule has 21 heavy (non-hydrogen) atoms. The number of nitrogens with zero attached hydrogens (tertiary/aromatic N) is 2. The molecule has 0 unspecified atom stereocenters. The molecule has 2 aromatic carbocycles. The number of rotatable bonds is 4. The molecular weight excluding hydrogens is 315 g/mol. The van der Waals surface area contributed by atoms with E-state index in [4.69, 9.17) is 27.9 Å². The molecule has 0 spiro atoms. The van der Waals surface area contributed by atoms with Gasteiger partial charge >= 0.3 is 0 Å². The van der Waals surface area contributed by atoms with E-state index < -0.39 is 4.92 Å². The number of non-ortho nitro benzene ring substituents is 1. The molecule has 0 atom stereocenters. The zero-order valence-electron chi connectivity index (χ0n) is 10.9. The number of aliphatic imine (C=N–C) groups is 1. The van der Waals surface area contributed by atoms with E-state index in [0.29, 0.717) is 27.0 Å². The minimum atomic E-state index is -0.492. The first-order valence-electron chi connectivity index (χ1n) is 5.83. The van der Waals surface area contributed by atoms with Gasteiger partial charge in [-0.3, -0.25) is 15.1 Å². The molecule has 0 aliphatic rings. The van der Waals surface area contributed by atoms with E-state index >= 15 is 0 Å². The Morgan fingerprint density at radius 1 is 1.24 bits per heavy atom. The van der Waals surface area contributed by atoms with Crippen LogP contribution in [0.3, 0.4) is 0 Å². The van der Waals surface area contributed by atoms with Crippen LogP contribution in [0, 0.1) is 10.1 Å². The van der Waals surface area contributed by atoms with Gasteiger partial charge in [0, 0.05) is 28.9 Å². The molecular formula is C14H10Cl2N2O3. The van der Waals surface area contributed by atoms with E-state index in [1.165, 1.54) is 31.5 Å². The lowest BCUT2D eigenvalue weighted by atomic mass is 10.2. The fourth-order valence-corrected chi connectivity index (χ4v) is 2.10. The van der Waals surface area contributed by atoms with Gasteiger partial charge in [0.1, 0.15) is 11.4 Å². The van der Waals surface area contributed by atoms with Gasteiger partial charge in [-0.25, -0.2) is 0 Å². The lowest BCUT2D eigenvalue weighted by molar-refractivity contribution is -0.384. The van der Waals surface area contributed by atoms with Gasteiger partial charge in [0.05, 0.1) is 17.1 Å². The quantitative estimate of drug-likeness (QED) is 0.466. The lowest BCUT2D eigenvalue weighted by Crippen LogP contribution is -1.90. The predicted molar refractivity (Wildman–Crippen MR) is 83.4 cm³/mol. The van der Waals surface area contributed by atoms with Gasteiger partial charge in [-0.1, -0.05) is 29.3 Å². The molecule has 0 aromatic heterocycles. The average molecular weight is 325 g/mol. The van der Waals surface area contributed by atoms with Gasteiger partial charge in [0.2, 0.25) is 0 Å². The number of hydrogen-bond acceptors (Lipinski definition) is 4. The Morgan fingerprint density at radius 2 is 2.00 bits per heavy atom. The topological polar surface area (TPSA) is 64.7 Å². The van der Waals surface area contributed by atoms with Crippen molar-refractivity contribution < 1.29 is 9.66 Å². The van der Waals surface area contributed by atoms with E-state index in [1.807, 2.05) is 0 Å². The standard InChI is InChI=1S/C14H10Cl2N2O3/c1-21-14-5-4-11(18(19)20)7-13(14)17-8-9-2-3-10(15)6-12(9)16/h2-8H,1H3. The SMILES string of the molecule is COc1ccc([N+](=O)[O-])cc1N=Cc1ccc(Cl)cc1Cl. The minimum absolute atomic E-state index is 0.0647. The Labute approximate surface area is 130 Å². The second-order valence-electron chi connectivity index (χ2n) is 4.04. The Balaban J connectivity index is 2.39. The van der Waals surface area contributed by atoms with Crippen molar-refractivity contribution >= 4 is 40.8 Å². The van der Waals surface area contributed by atoms with E-state index in [9.17, 15) is 10.1 Å². The number of nitro benzene ring substituents is 1. The first-order valence-corrected chi connectivity index (χ1v) is 6.58. The molecule has 0 N–H and O–H groups in total. The summed E-state index contributed by atoms with van der Waals surface area (Å²) < 4.78 is 5.13. The van der Waals surface area contributed by atoms with E-state index in [-0.39, 0.29) is 5.69 Å². The number of halogens is 2. The van der Waals surface area contributed by atoms with E-state index in [0.717, 1.165) is 0 Å². The van der Waals surface area contributed by atoms with Crippen LogP contribution in [-0.2, 0) is 0 Å². The van der Waals surface area contributed by atoms with Gasteiger partial charge in [0.15, 0.2) is 0 Å². The summed E-state index contributed by atoms with van der Waals surface area (Å²) in [7, 11) is 1.47. The van der Waals surface area contributed by atoms with Crippen molar-refractivity contribution in [2.45, 2.75) is 0 Å². The molecule has 5 nitrogen and oxygen atoms in total. The number of nitro groups is 1. The summed E-state index contributed by atoms with van der Waals surface area (Å²) in [6.07, 6.45) is 1.50. The Morgan fingerprint density at radius 3 is 2.62 bits per heavy atom. The van der Waals surface area contributed by atoms with Crippen molar-refractivity contribution in [2.24, 2.45) is 4.99 Å². The predicted octanol–water partition coefficient (Wildman–Crippen LogP) is 4.66. The molecule has 7 heteroatoms. The third kappa shape index (κ3) is 3.71. The van der Waals surface area contributed by atoms with Crippen LogP contribution in [0.5, 0.6) is 5.75 Å². The molecule has 0 fully saturated rings. The van der Waals surface area contributed by atoms with Crippen molar-refractivity contribution in [3.05, 3.63) is 62.1 Å². The molecule has 108 valence electrons. The lowest BCUT2D eigenvalue weighted by Gasteiger charge is -2.04. The highest BCUT2D eigenvalue weighted by molar-refractivity contribution is 6.36. The molecule has 0 aliphatic heterocycles. The highest BCUT2D eigenvalue weighted by Gasteiger charge is 2.10. The smallest absolute Gasteiger partial charge is 0.271 e. The van der Waals surface area contributed by atoms with Crippen LogP contribution in [0.4, 0.5) is 11.4 Å². The Kier molecular flexibility index (Phi) is 4.77. The summed E-state index contributed by atoms with van der Waals surface area (Å²) in [5.74, 6) is 0.432. The second kappa shape index (κ2) is 6.56. The molecule has 0 saturated heterocycles. The maximum atomic E-state index is 10.8. The summed E-state index contributed by atoms with van der Waals surface area (Å²) in [4.78, 5) is 14.5. The first kappa shape index (κ1) is 15.3. The van der Waals surface area contributed by atoms with Gasteiger partial charge in [-0.15, -0.1) is 0 Å². The minimum Gasteiger partial charge on any atom is -0.494 e. The van der Waals surface area contributed by atoms with Crippen LogP contribution < -0.4 is 4.74 Å². The molecule has 2 rings (SSSR count). The Bertz CT molecular complexity index is 717. The third-order valence-electron chi connectivity index (χ3n) is 2.68. The summed E-state index contributed by atoms with van der Waals surface area (Å²) in [6, 6.07) is 9.16. The number of hydrogen-bond donors (Lipinski definition) is 0. The van der Waals surface area contributed by atoms with Gasteiger partial charge < -0.3 is 4.74 Å². The van der Waals surface area contributed by atoms with Crippen molar-refractivity contribution in [3.8, 4) is 5.75 Å². The summed E-state index contributed by atoms with van der Waals surface area (Å²) in [5.41, 5.74) is 0.928. The van der Waals surface area contributed by atoms with E-state index in [1.54, 1.807) is 18.2 Å². The van der Waals surface area contributed by atoms with Crippen LogP contribution in [0.1, 0.15) is 5.56 Å².